The molecular formula is C20H29N3O2. The molecule has 5 nitrogen and oxygen atoms in total. The van der Waals surface area contributed by atoms with Gasteiger partial charge in [-0.1, -0.05) is 13.0 Å². The number of hydrogen-bond acceptors (Lipinski definition) is 3. The lowest BCUT2D eigenvalue weighted by Gasteiger charge is -2.31. The molecule has 0 spiro atoms. The first kappa shape index (κ1) is 18.0. The van der Waals surface area contributed by atoms with E-state index in [1.54, 1.807) is 0 Å². The maximum absolute atomic E-state index is 12.3. The Morgan fingerprint density at radius 1 is 1.36 bits per heavy atom. The molecule has 0 radical (unpaired) electrons. The monoisotopic (exact) mass is 343 g/mol. The molecule has 5 heteroatoms. The molecule has 1 atom stereocenters. The number of ether oxygens (including phenoxy) is 1. The molecule has 1 aliphatic rings. The van der Waals surface area contributed by atoms with Crippen molar-refractivity contribution in [2.75, 3.05) is 26.3 Å². The summed E-state index contributed by atoms with van der Waals surface area (Å²) in [5, 5.41) is 4.32. The molecule has 2 aromatic rings. The number of rotatable bonds is 6. The fourth-order valence-electron chi connectivity index (χ4n) is 3.58. The summed E-state index contributed by atoms with van der Waals surface area (Å²) in [6, 6.07) is 6.64. The Kier molecular flexibility index (Phi) is 5.76. The molecule has 1 fully saturated rings. The predicted molar refractivity (Wildman–Crippen MR) is 101 cm³/mol. The van der Waals surface area contributed by atoms with E-state index < -0.39 is 0 Å². The lowest BCUT2D eigenvalue weighted by Crippen LogP contribution is -2.44. The van der Waals surface area contributed by atoms with Crippen molar-refractivity contribution >= 4 is 16.8 Å². The van der Waals surface area contributed by atoms with E-state index in [0.717, 1.165) is 38.3 Å². The summed E-state index contributed by atoms with van der Waals surface area (Å²) < 4.78 is 5.37. The summed E-state index contributed by atoms with van der Waals surface area (Å²) in [7, 11) is 0. The van der Waals surface area contributed by atoms with Gasteiger partial charge in [0.2, 0.25) is 5.91 Å². The molecule has 1 aliphatic heterocycles. The lowest BCUT2D eigenvalue weighted by molar-refractivity contribution is -0.122. The minimum absolute atomic E-state index is 0.110. The molecule has 0 unspecified atom stereocenters. The molecule has 3 rings (SSSR count). The van der Waals surface area contributed by atoms with Gasteiger partial charge in [-0.3, -0.25) is 9.69 Å². The summed E-state index contributed by atoms with van der Waals surface area (Å²) in [6.07, 6.45) is 1.54. The Bertz CT molecular complexity index is 732. The maximum atomic E-state index is 12.3. The summed E-state index contributed by atoms with van der Waals surface area (Å²) in [5.41, 5.74) is 4.91. The van der Waals surface area contributed by atoms with Gasteiger partial charge in [-0.25, -0.2) is 0 Å². The number of amides is 1. The van der Waals surface area contributed by atoms with Crippen molar-refractivity contribution in [3.05, 3.63) is 35.0 Å². The van der Waals surface area contributed by atoms with Crippen molar-refractivity contribution in [3.63, 3.8) is 0 Å². The van der Waals surface area contributed by atoms with Gasteiger partial charge in [-0.05, 0) is 43.5 Å². The van der Waals surface area contributed by atoms with Gasteiger partial charge in [0.05, 0.1) is 13.2 Å². The van der Waals surface area contributed by atoms with E-state index in [-0.39, 0.29) is 11.9 Å². The van der Waals surface area contributed by atoms with Crippen molar-refractivity contribution in [1.82, 2.24) is 15.2 Å². The van der Waals surface area contributed by atoms with Crippen LogP contribution in [-0.2, 0) is 22.5 Å². The highest BCUT2D eigenvalue weighted by Gasteiger charge is 2.19. The third-order valence-electron chi connectivity index (χ3n) is 5.22. The van der Waals surface area contributed by atoms with E-state index in [1.165, 1.54) is 22.2 Å². The van der Waals surface area contributed by atoms with Gasteiger partial charge in [0.25, 0.3) is 0 Å². The number of aromatic amines is 1. The molecule has 25 heavy (non-hydrogen) atoms. The first-order chi connectivity index (χ1) is 12.1. The topological polar surface area (TPSA) is 57.4 Å². The van der Waals surface area contributed by atoms with Crippen LogP contribution in [0.25, 0.3) is 10.9 Å². The fraction of sp³-hybridized carbons (Fsp3) is 0.550. The van der Waals surface area contributed by atoms with Gasteiger partial charge in [-0.15, -0.1) is 0 Å². The summed E-state index contributed by atoms with van der Waals surface area (Å²) >= 11 is 0. The number of carbonyl (C=O) groups excluding carboxylic acids is 1. The quantitative estimate of drug-likeness (QED) is 0.848. The van der Waals surface area contributed by atoms with E-state index in [9.17, 15) is 4.79 Å². The summed E-state index contributed by atoms with van der Waals surface area (Å²) in [4.78, 5) is 18.1. The molecule has 136 valence electrons. The Balaban J connectivity index is 1.56. The third-order valence-corrected chi connectivity index (χ3v) is 5.22. The molecular weight excluding hydrogens is 314 g/mol. The Morgan fingerprint density at radius 2 is 2.12 bits per heavy atom. The van der Waals surface area contributed by atoms with Crippen molar-refractivity contribution in [2.45, 2.75) is 46.2 Å². The number of nitrogens with one attached hydrogen (secondary N) is 2. The second-order valence-electron chi connectivity index (χ2n) is 6.94. The highest BCUT2D eigenvalue weighted by Crippen LogP contribution is 2.23. The van der Waals surface area contributed by atoms with Crippen LogP contribution in [0.3, 0.4) is 0 Å². The van der Waals surface area contributed by atoms with Crippen molar-refractivity contribution in [1.29, 1.82) is 0 Å². The van der Waals surface area contributed by atoms with Gasteiger partial charge >= 0.3 is 0 Å². The number of aryl methyl sites for hydroxylation is 2. The van der Waals surface area contributed by atoms with Crippen molar-refractivity contribution in [3.8, 4) is 0 Å². The maximum Gasteiger partial charge on any atom is 0.221 e. The largest absolute Gasteiger partial charge is 0.379 e. The van der Waals surface area contributed by atoms with Crippen molar-refractivity contribution in [2.24, 2.45) is 0 Å². The van der Waals surface area contributed by atoms with Gasteiger partial charge in [0, 0.05) is 48.7 Å². The van der Waals surface area contributed by atoms with Crippen LogP contribution in [0, 0.1) is 6.92 Å². The van der Waals surface area contributed by atoms with Crippen LogP contribution in [0.2, 0.25) is 0 Å². The van der Waals surface area contributed by atoms with Gasteiger partial charge in [0.1, 0.15) is 0 Å². The average molecular weight is 343 g/mol. The normalized spacial score (nSPS) is 16.9. The highest BCUT2D eigenvalue weighted by molar-refractivity contribution is 5.85. The van der Waals surface area contributed by atoms with Crippen LogP contribution >= 0.6 is 0 Å². The standard InChI is InChI=1S/C20H29N3O2/c1-4-18-15(3)17-12-16(5-6-19(17)22-18)13-21-20(24)11-14(2)23-7-9-25-10-8-23/h5-6,12,14,22H,4,7-11,13H2,1-3H3,(H,21,24)/t14-/m1/s1. The van der Waals surface area contributed by atoms with E-state index in [1.807, 2.05) is 0 Å². The predicted octanol–water partition coefficient (Wildman–Crippen LogP) is 2.77. The van der Waals surface area contributed by atoms with Crippen LogP contribution in [0.15, 0.2) is 18.2 Å². The smallest absolute Gasteiger partial charge is 0.221 e. The fourth-order valence-corrected chi connectivity index (χ4v) is 3.58. The Morgan fingerprint density at radius 3 is 2.84 bits per heavy atom. The Hall–Kier alpha value is -1.85. The van der Waals surface area contributed by atoms with E-state index >= 15 is 0 Å². The number of carbonyl (C=O) groups is 1. The number of benzene rings is 1. The number of H-pyrrole nitrogens is 1. The number of hydrogen-bond donors (Lipinski definition) is 2. The number of nitrogens with zero attached hydrogens (tertiary/aromatic N) is 1. The van der Waals surface area contributed by atoms with Gasteiger partial charge in [0.15, 0.2) is 0 Å². The number of aromatic nitrogens is 1. The van der Waals surface area contributed by atoms with E-state index in [4.69, 9.17) is 4.74 Å². The first-order valence-corrected chi connectivity index (χ1v) is 9.27. The molecule has 1 aromatic heterocycles. The van der Waals surface area contributed by atoms with E-state index in [0.29, 0.717) is 13.0 Å². The molecule has 2 heterocycles. The minimum Gasteiger partial charge on any atom is -0.379 e. The molecule has 1 saturated heterocycles. The van der Waals surface area contributed by atoms with Crippen LogP contribution in [0.4, 0.5) is 0 Å². The molecule has 0 aliphatic carbocycles. The van der Waals surface area contributed by atoms with Crippen LogP contribution < -0.4 is 5.32 Å². The summed E-state index contributed by atoms with van der Waals surface area (Å²) in [6.45, 7) is 10.4. The molecule has 2 N–H and O–H groups in total. The molecule has 0 saturated carbocycles. The number of fused-ring (bicyclic) bond motifs is 1. The number of morpholine rings is 1. The van der Waals surface area contributed by atoms with Crippen LogP contribution in [0.5, 0.6) is 0 Å². The molecule has 1 amide bonds. The zero-order valence-electron chi connectivity index (χ0n) is 15.5. The molecule has 1 aromatic carbocycles. The SMILES string of the molecule is CCc1[nH]c2ccc(CNC(=O)C[C@@H](C)N3CCOCC3)cc2c1C. The zero-order valence-corrected chi connectivity index (χ0v) is 15.5. The minimum atomic E-state index is 0.110. The lowest BCUT2D eigenvalue weighted by atomic mass is 10.1. The molecule has 0 bridgehead atoms. The summed E-state index contributed by atoms with van der Waals surface area (Å²) in [5.74, 6) is 0.110. The highest BCUT2D eigenvalue weighted by atomic mass is 16.5. The second-order valence-corrected chi connectivity index (χ2v) is 6.94. The van der Waals surface area contributed by atoms with Gasteiger partial charge < -0.3 is 15.0 Å². The zero-order chi connectivity index (χ0) is 17.8. The second kappa shape index (κ2) is 8.02. The van der Waals surface area contributed by atoms with Crippen LogP contribution in [0.1, 0.15) is 37.1 Å². The van der Waals surface area contributed by atoms with Crippen LogP contribution in [-0.4, -0.2) is 48.1 Å². The third kappa shape index (κ3) is 4.22. The van der Waals surface area contributed by atoms with Gasteiger partial charge in [-0.2, -0.15) is 0 Å². The van der Waals surface area contributed by atoms with E-state index in [2.05, 4.69) is 54.2 Å². The first-order valence-electron chi connectivity index (χ1n) is 9.27. The van der Waals surface area contributed by atoms with Crippen molar-refractivity contribution < 1.29 is 9.53 Å². The average Bonchev–Trinajstić information content (AvgIpc) is 2.96. The Labute approximate surface area is 149 Å².